The Kier molecular flexibility index (Phi) is 3.72. The molecule has 0 aliphatic carbocycles. The van der Waals surface area contributed by atoms with Crippen LogP contribution in [0.15, 0.2) is 30.3 Å². The molecule has 0 saturated heterocycles. The van der Waals surface area contributed by atoms with Crippen LogP contribution in [0.2, 0.25) is 0 Å². The fourth-order valence-electron chi connectivity index (χ4n) is 2.73. The zero-order valence-electron chi connectivity index (χ0n) is 12.3. The van der Waals surface area contributed by atoms with Crippen LogP contribution in [-0.4, -0.2) is 4.98 Å². The molecule has 0 spiro atoms. The number of halogens is 3. The molecular formula is C17H13F3N2O. The Bertz CT molecular complexity index is 793. The molecule has 0 radical (unpaired) electrons. The summed E-state index contributed by atoms with van der Waals surface area (Å²) in [5.74, 6) is 0.509. The maximum atomic E-state index is 13.0. The number of nitriles is 1. The van der Waals surface area contributed by atoms with E-state index in [4.69, 9.17) is 10.00 Å². The third-order valence-electron chi connectivity index (χ3n) is 3.83. The molecule has 0 N–H and O–H groups in total. The van der Waals surface area contributed by atoms with E-state index in [0.717, 1.165) is 12.1 Å². The molecule has 1 aromatic carbocycles. The summed E-state index contributed by atoms with van der Waals surface area (Å²) in [5, 5.41) is 8.91. The van der Waals surface area contributed by atoms with Gasteiger partial charge in [-0.2, -0.15) is 18.4 Å². The second kappa shape index (κ2) is 5.58. The van der Waals surface area contributed by atoms with Gasteiger partial charge in [-0.15, -0.1) is 0 Å². The minimum absolute atomic E-state index is 0.258. The molecule has 0 bridgehead atoms. The Morgan fingerprint density at radius 2 is 2.13 bits per heavy atom. The van der Waals surface area contributed by atoms with Gasteiger partial charge >= 0.3 is 6.18 Å². The van der Waals surface area contributed by atoms with Gasteiger partial charge in [-0.05, 0) is 41.8 Å². The monoisotopic (exact) mass is 318 g/mol. The van der Waals surface area contributed by atoms with E-state index in [1.54, 1.807) is 25.1 Å². The van der Waals surface area contributed by atoms with E-state index in [1.165, 1.54) is 0 Å². The minimum atomic E-state index is -4.38. The van der Waals surface area contributed by atoms with Gasteiger partial charge in [0.15, 0.2) is 0 Å². The predicted molar refractivity (Wildman–Crippen MR) is 76.8 cm³/mol. The molecule has 1 unspecified atom stereocenters. The number of fused-ring (bicyclic) bond motifs is 1. The summed E-state index contributed by atoms with van der Waals surface area (Å²) in [4.78, 5) is 4.17. The molecule has 1 atom stereocenters. The van der Waals surface area contributed by atoms with Gasteiger partial charge in [0.05, 0.1) is 11.3 Å². The van der Waals surface area contributed by atoms with Crippen LogP contribution in [0.4, 0.5) is 13.2 Å². The molecule has 3 nitrogen and oxygen atoms in total. The Morgan fingerprint density at radius 1 is 1.35 bits per heavy atom. The van der Waals surface area contributed by atoms with Crippen LogP contribution in [0.5, 0.6) is 5.75 Å². The van der Waals surface area contributed by atoms with Crippen molar-refractivity contribution in [1.82, 2.24) is 4.98 Å². The van der Waals surface area contributed by atoms with Crippen molar-refractivity contribution in [3.63, 3.8) is 0 Å². The van der Waals surface area contributed by atoms with Crippen molar-refractivity contribution in [3.8, 4) is 11.8 Å². The summed E-state index contributed by atoms with van der Waals surface area (Å²) in [7, 11) is 0. The standard InChI is InChI=1S/C17H13F3N2O/c1-2-10-6-12(17(18,19)20)7-11-8-15(23-16(10)11)14-5-3-4-13(9-21)22-14/h3-7,15H,2,8H2,1H3. The van der Waals surface area contributed by atoms with Crippen molar-refractivity contribution in [1.29, 1.82) is 5.26 Å². The number of nitrogens with zero attached hydrogens (tertiary/aromatic N) is 2. The number of ether oxygens (including phenoxy) is 1. The molecule has 118 valence electrons. The van der Waals surface area contributed by atoms with Crippen LogP contribution in [0.1, 0.15) is 41.1 Å². The SMILES string of the molecule is CCc1cc(C(F)(F)F)cc2c1OC(c1cccc(C#N)n1)C2. The summed E-state index contributed by atoms with van der Waals surface area (Å²) < 4.78 is 44.8. The van der Waals surface area contributed by atoms with Gasteiger partial charge in [-0.25, -0.2) is 4.98 Å². The maximum absolute atomic E-state index is 13.0. The zero-order chi connectivity index (χ0) is 16.6. The number of rotatable bonds is 2. The highest BCUT2D eigenvalue weighted by Crippen LogP contribution is 2.42. The number of aromatic nitrogens is 1. The Hall–Kier alpha value is -2.55. The average Bonchev–Trinajstić information content (AvgIpc) is 2.97. The molecule has 1 aromatic heterocycles. The van der Waals surface area contributed by atoms with Gasteiger partial charge in [0.25, 0.3) is 0 Å². The van der Waals surface area contributed by atoms with Gasteiger partial charge < -0.3 is 4.74 Å². The van der Waals surface area contributed by atoms with Crippen molar-refractivity contribution < 1.29 is 17.9 Å². The molecule has 0 fully saturated rings. The molecule has 1 aliphatic rings. The average molecular weight is 318 g/mol. The summed E-state index contributed by atoms with van der Waals surface area (Å²) in [5.41, 5.74) is 1.22. The fourth-order valence-corrected chi connectivity index (χ4v) is 2.73. The van der Waals surface area contributed by atoms with Crippen molar-refractivity contribution in [2.24, 2.45) is 0 Å². The summed E-state index contributed by atoms with van der Waals surface area (Å²) in [6, 6.07) is 9.21. The first-order valence-electron chi connectivity index (χ1n) is 7.19. The summed E-state index contributed by atoms with van der Waals surface area (Å²) in [6.07, 6.45) is -4.08. The summed E-state index contributed by atoms with van der Waals surface area (Å²) >= 11 is 0. The van der Waals surface area contributed by atoms with Gasteiger partial charge in [-0.1, -0.05) is 13.0 Å². The quantitative estimate of drug-likeness (QED) is 0.833. The van der Waals surface area contributed by atoms with Crippen LogP contribution in [0, 0.1) is 11.3 Å². The third kappa shape index (κ3) is 2.87. The van der Waals surface area contributed by atoms with Gasteiger partial charge in [0.2, 0.25) is 0 Å². The smallest absolute Gasteiger partial charge is 0.416 e. The fraction of sp³-hybridized carbons (Fsp3) is 0.294. The molecule has 3 rings (SSSR count). The van der Waals surface area contributed by atoms with Gasteiger partial charge in [-0.3, -0.25) is 0 Å². The lowest BCUT2D eigenvalue weighted by Gasteiger charge is -2.13. The van der Waals surface area contributed by atoms with Crippen LogP contribution in [0.3, 0.4) is 0 Å². The number of aryl methyl sites for hydroxylation is 1. The molecule has 2 aromatic rings. The number of hydrogen-bond donors (Lipinski definition) is 0. The van der Waals surface area contributed by atoms with E-state index < -0.39 is 17.8 Å². The second-order valence-electron chi connectivity index (χ2n) is 5.35. The van der Waals surface area contributed by atoms with E-state index in [0.29, 0.717) is 35.4 Å². The van der Waals surface area contributed by atoms with E-state index in [1.807, 2.05) is 6.07 Å². The summed E-state index contributed by atoms with van der Waals surface area (Å²) in [6.45, 7) is 1.79. The largest absolute Gasteiger partial charge is 0.483 e. The van der Waals surface area contributed by atoms with Gasteiger partial charge in [0, 0.05) is 6.42 Å². The molecule has 23 heavy (non-hydrogen) atoms. The highest BCUT2D eigenvalue weighted by Gasteiger charge is 2.35. The van der Waals surface area contributed by atoms with Crippen molar-refractivity contribution in [2.75, 3.05) is 0 Å². The lowest BCUT2D eigenvalue weighted by molar-refractivity contribution is -0.137. The Morgan fingerprint density at radius 3 is 2.78 bits per heavy atom. The molecule has 1 aliphatic heterocycles. The number of pyridine rings is 1. The zero-order valence-corrected chi connectivity index (χ0v) is 12.3. The molecular weight excluding hydrogens is 305 g/mol. The normalized spacial score (nSPS) is 16.6. The highest BCUT2D eigenvalue weighted by molar-refractivity contribution is 5.49. The first kappa shape index (κ1) is 15.3. The van der Waals surface area contributed by atoms with E-state index >= 15 is 0 Å². The van der Waals surface area contributed by atoms with Crippen LogP contribution in [0.25, 0.3) is 0 Å². The van der Waals surface area contributed by atoms with Crippen LogP contribution < -0.4 is 4.74 Å². The van der Waals surface area contributed by atoms with Gasteiger partial charge in [0.1, 0.15) is 23.6 Å². The predicted octanol–water partition coefficient (Wildman–Crippen LogP) is 4.21. The van der Waals surface area contributed by atoms with E-state index in [-0.39, 0.29) is 5.69 Å². The minimum Gasteiger partial charge on any atom is -0.483 e. The van der Waals surface area contributed by atoms with Crippen molar-refractivity contribution in [2.45, 2.75) is 32.0 Å². The van der Waals surface area contributed by atoms with Crippen LogP contribution >= 0.6 is 0 Å². The van der Waals surface area contributed by atoms with E-state index in [9.17, 15) is 13.2 Å². The van der Waals surface area contributed by atoms with Crippen molar-refractivity contribution in [3.05, 3.63) is 58.4 Å². The van der Waals surface area contributed by atoms with Crippen LogP contribution in [-0.2, 0) is 19.0 Å². The molecule has 0 amide bonds. The Labute approximate surface area is 131 Å². The molecule has 2 heterocycles. The Balaban J connectivity index is 1.98. The second-order valence-corrected chi connectivity index (χ2v) is 5.35. The van der Waals surface area contributed by atoms with E-state index in [2.05, 4.69) is 4.98 Å². The number of benzene rings is 1. The topological polar surface area (TPSA) is 45.9 Å². The number of hydrogen-bond acceptors (Lipinski definition) is 3. The first-order valence-corrected chi connectivity index (χ1v) is 7.19. The molecule has 6 heteroatoms. The first-order chi connectivity index (χ1) is 10.9. The highest BCUT2D eigenvalue weighted by atomic mass is 19.4. The number of alkyl halides is 3. The molecule has 0 saturated carbocycles. The lowest BCUT2D eigenvalue weighted by Crippen LogP contribution is -2.06. The third-order valence-corrected chi connectivity index (χ3v) is 3.83. The van der Waals surface area contributed by atoms with Crippen molar-refractivity contribution >= 4 is 0 Å². The lowest BCUT2D eigenvalue weighted by atomic mass is 10.00. The maximum Gasteiger partial charge on any atom is 0.416 e.